The smallest absolute Gasteiger partial charge is 0.165 e. The molecule has 0 bridgehead atoms. The first-order valence-electron chi connectivity index (χ1n) is 20.3. The largest absolute Gasteiger partial charge is 0.256 e. The molecule has 0 N–H and O–H groups in total. The van der Waals surface area contributed by atoms with E-state index in [0.717, 1.165) is 60.6 Å². The summed E-state index contributed by atoms with van der Waals surface area (Å²) < 4.78 is 0. The molecule has 0 atom stereocenters. The molecule has 0 aliphatic carbocycles. The van der Waals surface area contributed by atoms with Gasteiger partial charge in [-0.25, -0.2) is 15.0 Å². The number of rotatable bonds is 5. The van der Waals surface area contributed by atoms with Crippen molar-refractivity contribution in [3.05, 3.63) is 206 Å². The van der Waals surface area contributed by atoms with E-state index in [-0.39, 0.29) is 0 Å². The maximum absolute atomic E-state index is 5.39. The normalized spacial score (nSPS) is 11.7. The predicted octanol–water partition coefficient (Wildman–Crippen LogP) is 14.5. The van der Waals surface area contributed by atoms with Crippen LogP contribution in [0.4, 0.5) is 0 Å². The first-order valence-corrected chi connectivity index (χ1v) is 20.3. The molecular weight excluding hydrogens is 729 g/mol. The predicted molar refractivity (Wildman–Crippen MR) is 250 cm³/mol. The molecule has 278 valence electrons. The van der Waals surface area contributed by atoms with E-state index >= 15 is 0 Å². The summed E-state index contributed by atoms with van der Waals surface area (Å²) in [6, 6.07) is 71.4. The molecule has 0 amide bonds. The van der Waals surface area contributed by atoms with Crippen molar-refractivity contribution < 1.29 is 0 Å². The number of pyridine rings is 1. The highest BCUT2D eigenvalue weighted by Crippen LogP contribution is 2.39. The number of benzene rings is 10. The molecular formula is C56H34N4. The third-order valence-electron chi connectivity index (χ3n) is 11.8. The third-order valence-corrected chi connectivity index (χ3v) is 11.8. The lowest BCUT2D eigenvalue weighted by Crippen LogP contribution is -2.01. The van der Waals surface area contributed by atoms with Crippen LogP contribution in [-0.4, -0.2) is 19.9 Å². The molecule has 10 aromatic carbocycles. The maximum Gasteiger partial charge on any atom is 0.165 e. The van der Waals surface area contributed by atoms with E-state index in [0.29, 0.717) is 17.5 Å². The molecule has 0 fully saturated rings. The Morgan fingerprint density at radius 3 is 1.33 bits per heavy atom. The molecule has 4 heteroatoms. The van der Waals surface area contributed by atoms with Crippen molar-refractivity contribution in [1.29, 1.82) is 0 Å². The maximum atomic E-state index is 5.39. The van der Waals surface area contributed by atoms with Gasteiger partial charge in [-0.1, -0.05) is 133 Å². The third kappa shape index (κ3) is 5.93. The van der Waals surface area contributed by atoms with Crippen molar-refractivity contribution in [3.63, 3.8) is 0 Å². The second-order valence-corrected chi connectivity index (χ2v) is 15.5. The molecule has 0 radical (unpaired) electrons. The summed E-state index contributed by atoms with van der Waals surface area (Å²) in [5.41, 5.74) is 8.07. The highest BCUT2D eigenvalue weighted by Gasteiger charge is 2.19. The SMILES string of the molecule is c1ccc(-c2nc(-c3cc(-c4ccc5cc6ccccc6cc5c4)cc(-c4ccc5cc6ccccc6cc5c4)c3)nc(-c3c4ccccc4cc4ncccc34)n2)cc1. The zero-order valence-corrected chi connectivity index (χ0v) is 32.4. The van der Waals surface area contributed by atoms with Crippen LogP contribution in [0.5, 0.6) is 0 Å². The van der Waals surface area contributed by atoms with Gasteiger partial charge in [0, 0.05) is 28.3 Å². The first-order chi connectivity index (χ1) is 29.7. The fourth-order valence-corrected chi connectivity index (χ4v) is 8.79. The number of nitrogens with zero attached hydrogens (tertiary/aromatic N) is 4. The fourth-order valence-electron chi connectivity index (χ4n) is 8.79. The van der Waals surface area contributed by atoms with Gasteiger partial charge in [-0.2, -0.15) is 0 Å². The van der Waals surface area contributed by atoms with Gasteiger partial charge in [0.05, 0.1) is 5.52 Å². The minimum absolute atomic E-state index is 0.602. The van der Waals surface area contributed by atoms with Crippen LogP contribution in [0.25, 0.3) is 121 Å². The quantitative estimate of drug-likeness (QED) is 0.164. The Morgan fingerprint density at radius 2 is 0.717 bits per heavy atom. The van der Waals surface area contributed by atoms with Crippen LogP contribution in [-0.2, 0) is 0 Å². The number of fused-ring (bicyclic) bond motifs is 6. The van der Waals surface area contributed by atoms with E-state index in [9.17, 15) is 0 Å². The van der Waals surface area contributed by atoms with Crippen LogP contribution >= 0.6 is 0 Å². The summed E-state index contributed by atoms with van der Waals surface area (Å²) in [5.74, 6) is 1.82. The lowest BCUT2D eigenvalue weighted by Gasteiger charge is -2.15. The van der Waals surface area contributed by atoms with Gasteiger partial charge in [0.15, 0.2) is 17.5 Å². The van der Waals surface area contributed by atoms with Crippen LogP contribution in [0.15, 0.2) is 206 Å². The van der Waals surface area contributed by atoms with Crippen molar-refractivity contribution in [2.75, 3.05) is 0 Å². The molecule has 0 unspecified atom stereocenters. The molecule has 60 heavy (non-hydrogen) atoms. The highest BCUT2D eigenvalue weighted by atomic mass is 15.0. The monoisotopic (exact) mass is 762 g/mol. The molecule has 0 aliphatic heterocycles. The molecule has 0 spiro atoms. The van der Waals surface area contributed by atoms with Gasteiger partial charge in [0.25, 0.3) is 0 Å². The van der Waals surface area contributed by atoms with E-state index < -0.39 is 0 Å². The van der Waals surface area contributed by atoms with Crippen LogP contribution in [0.2, 0.25) is 0 Å². The Bertz CT molecular complexity index is 3480. The van der Waals surface area contributed by atoms with E-state index in [2.05, 4.69) is 176 Å². The number of hydrogen-bond donors (Lipinski definition) is 0. The standard InChI is InChI=1S/C56H34N4/c1-2-11-35(12-3-1)54-58-55(60-56(59-54)53-50-18-9-8-17-44(50)34-52-51(53)19-10-24-57-52)49-32-47(42-22-20-40-25-36-13-4-6-15-38(36)27-45(40)29-42)31-48(33-49)43-23-21-41-26-37-14-5-7-16-39(37)28-46(41)30-43/h1-34H. The van der Waals surface area contributed by atoms with Gasteiger partial charge in [0.2, 0.25) is 0 Å². The zero-order chi connectivity index (χ0) is 39.6. The summed E-state index contributed by atoms with van der Waals surface area (Å²) in [4.78, 5) is 20.7. The summed E-state index contributed by atoms with van der Waals surface area (Å²) >= 11 is 0. The highest BCUT2D eigenvalue weighted by molar-refractivity contribution is 6.11. The topological polar surface area (TPSA) is 51.6 Å². The molecule has 0 saturated carbocycles. The van der Waals surface area contributed by atoms with Crippen LogP contribution in [0, 0.1) is 0 Å². The fraction of sp³-hybridized carbons (Fsp3) is 0. The van der Waals surface area contributed by atoms with Gasteiger partial charge in [-0.05, 0) is 143 Å². The molecule has 2 aromatic heterocycles. The molecule has 12 rings (SSSR count). The van der Waals surface area contributed by atoms with Crippen molar-refractivity contribution in [1.82, 2.24) is 19.9 Å². The molecule has 12 aromatic rings. The minimum atomic E-state index is 0.602. The van der Waals surface area contributed by atoms with Crippen molar-refractivity contribution in [3.8, 4) is 56.4 Å². The lowest BCUT2D eigenvalue weighted by molar-refractivity contribution is 1.08. The number of aromatic nitrogens is 4. The van der Waals surface area contributed by atoms with Crippen LogP contribution in [0.3, 0.4) is 0 Å². The van der Waals surface area contributed by atoms with Gasteiger partial charge < -0.3 is 0 Å². The van der Waals surface area contributed by atoms with E-state index in [1.807, 2.05) is 30.5 Å². The zero-order valence-electron chi connectivity index (χ0n) is 32.4. The summed E-state index contributed by atoms with van der Waals surface area (Å²) in [6.45, 7) is 0. The Hall–Kier alpha value is -8.08. The molecule has 4 nitrogen and oxygen atoms in total. The van der Waals surface area contributed by atoms with Gasteiger partial charge >= 0.3 is 0 Å². The van der Waals surface area contributed by atoms with E-state index in [1.165, 1.54) is 43.1 Å². The van der Waals surface area contributed by atoms with Crippen molar-refractivity contribution in [2.45, 2.75) is 0 Å². The van der Waals surface area contributed by atoms with Crippen molar-refractivity contribution in [2.24, 2.45) is 0 Å². The second-order valence-electron chi connectivity index (χ2n) is 15.5. The molecule has 2 heterocycles. The van der Waals surface area contributed by atoms with Gasteiger partial charge in [0.1, 0.15) is 0 Å². The Balaban J connectivity index is 1.11. The number of hydrogen-bond acceptors (Lipinski definition) is 4. The lowest BCUT2D eigenvalue weighted by atomic mass is 9.92. The summed E-state index contributed by atoms with van der Waals surface area (Å²) in [7, 11) is 0. The molecule has 0 saturated heterocycles. The average Bonchev–Trinajstić information content (AvgIpc) is 3.31. The first kappa shape index (κ1) is 34.0. The summed E-state index contributed by atoms with van der Waals surface area (Å²) in [5, 5.41) is 12.9. The average molecular weight is 763 g/mol. The summed E-state index contributed by atoms with van der Waals surface area (Å²) in [6.07, 6.45) is 1.84. The van der Waals surface area contributed by atoms with Crippen LogP contribution in [0.1, 0.15) is 0 Å². The second kappa shape index (κ2) is 13.8. The van der Waals surface area contributed by atoms with Crippen LogP contribution < -0.4 is 0 Å². The minimum Gasteiger partial charge on any atom is -0.256 e. The van der Waals surface area contributed by atoms with Gasteiger partial charge in [-0.15, -0.1) is 0 Å². The molecule has 0 aliphatic rings. The van der Waals surface area contributed by atoms with Crippen molar-refractivity contribution >= 4 is 64.8 Å². The van der Waals surface area contributed by atoms with Gasteiger partial charge in [-0.3, -0.25) is 4.98 Å². The Labute approximate surface area is 346 Å². The van der Waals surface area contributed by atoms with E-state index in [1.54, 1.807) is 0 Å². The Kier molecular flexibility index (Phi) is 7.82. The van der Waals surface area contributed by atoms with E-state index in [4.69, 9.17) is 19.9 Å². The Morgan fingerprint density at radius 1 is 0.250 bits per heavy atom.